The predicted octanol–water partition coefficient (Wildman–Crippen LogP) is 3.22. The van der Waals surface area contributed by atoms with E-state index in [9.17, 15) is 9.18 Å². The monoisotopic (exact) mass is 290 g/mol. The van der Waals surface area contributed by atoms with Crippen LogP contribution in [0, 0.1) is 11.7 Å². The van der Waals surface area contributed by atoms with Crippen molar-refractivity contribution in [2.45, 2.75) is 51.2 Å². The molecule has 1 N–H and O–H groups in total. The molecule has 4 heteroatoms. The minimum atomic E-state index is -0.241. The fraction of sp³-hybridized carbons (Fsp3) is 0.588. The van der Waals surface area contributed by atoms with Gasteiger partial charge in [0, 0.05) is 6.04 Å². The van der Waals surface area contributed by atoms with Crippen LogP contribution < -0.4 is 5.32 Å². The third-order valence-corrected chi connectivity index (χ3v) is 4.97. The van der Waals surface area contributed by atoms with Crippen molar-refractivity contribution in [3.05, 3.63) is 35.6 Å². The molecule has 3 nitrogen and oxygen atoms in total. The first-order valence-electron chi connectivity index (χ1n) is 7.97. The molecule has 2 fully saturated rings. The van der Waals surface area contributed by atoms with E-state index >= 15 is 0 Å². The molecule has 2 atom stereocenters. The van der Waals surface area contributed by atoms with Crippen molar-refractivity contribution in [1.29, 1.82) is 0 Å². The Bertz CT molecular complexity index is 496. The van der Waals surface area contributed by atoms with Crippen LogP contribution in [0.5, 0.6) is 0 Å². The number of amides is 1. The summed E-state index contributed by atoms with van der Waals surface area (Å²) in [6.07, 6.45) is 6.16. The number of rotatable bonds is 3. The Morgan fingerprint density at radius 2 is 1.86 bits per heavy atom. The summed E-state index contributed by atoms with van der Waals surface area (Å²) in [5, 5.41) is 3.27. The van der Waals surface area contributed by atoms with E-state index in [1.807, 2.05) is 4.90 Å². The van der Waals surface area contributed by atoms with E-state index in [2.05, 4.69) is 12.2 Å². The Kier molecular flexibility index (Phi) is 4.24. The number of carbonyl (C=O) groups is 1. The van der Waals surface area contributed by atoms with Crippen LogP contribution in [0.2, 0.25) is 0 Å². The smallest absolute Gasteiger partial charge is 0.238 e. The summed E-state index contributed by atoms with van der Waals surface area (Å²) in [4.78, 5) is 14.3. The van der Waals surface area contributed by atoms with Crippen LogP contribution in [-0.2, 0) is 4.79 Å². The third kappa shape index (κ3) is 2.95. The lowest BCUT2D eigenvalue weighted by molar-refractivity contribution is -0.131. The Labute approximate surface area is 125 Å². The molecule has 3 rings (SSSR count). The molecule has 2 aliphatic rings. The van der Waals surface area contributed by atoms with Gasteiger partial charge < -0.3 is 4.90 Å². The normalized spacial score (nSPS) is 25.3. The van der Waals surface area contributed by atoms with Gasteiger partial charge in [-0.2, -0.15) is 0 Å². The second-order valence-corrected chi connectivity index (χ2v) is 6.27. The van der Waals surface area contributed by atoms with Crippen LogP contribution in [-0.4, -0.2) is 23.4 Å². The molecule has 2 unspecified atom stereocenters. The van der Waals surface area contributed by atoms with Crippen molar-refractivity contribution < 1.29 is 9.18 Å². The maximum atomic E-state index is 13.1. The predicted molar refractivity (Wildman–Crippen MR) is 80.0 cm³/mol. The largest absolute Gasteiger partial charge is 0.319 e. The van der Waals surface area contributed by atoms with E-state index in [4.69, 9.17) is 0 Å². The number of nitrogens with zero attached hydrogens (tertiary/aromatic N) is 1. The number of nitrogens with one attached hydrogen (secondary N) is 1. The maximum absolute atomic E-state index is 13.1. The summed E-state index contributed by atoms with van der Waals surface area (Å²) in [5.41, 5.74) is 0.963. The second kappa shape index (κ2) is 6.14. The Balaban J connectivity index is 1.80. The lowest BCUT2D eigenvalue weighted by Crippen LogP contribution is -2.42. The molecule has 1 aromatic carbocycles. The lowest BCUT2D eigenvalue weighted by atomic mass is 9.83. The van der Waals surface area contributed by atoms with Gasteiger partial charge in [0.2, 0.25) is 5.91 Å². The van der Waals surface area contributed by atoms with Crippen LogP contribution in [0.4, 0.5) is 4.39 Å². The number of carbonyl (C=O) groups excluding carboxylic acids is 1. The fourth-order valence-electron chi connectivity index (χ4n) is 3.75. The molecule has 1 aromatic rings. The molecule has 0 aromatic heterocycles. The van der Waals surface area contributed by atoms with Crippen molar-refractivity contribution in [3.63, 3.8) is 0 Å². The minimum Gasteiger partial charge on any atom is -0.319 e. The van der Waals surface area contributed by atoms with Gasteiger partial charge in [0.05, 0.1) is 6.54 Å². The quantitative estimate of drug-likeness (QED) is 0.927. The van der Waals surface area contributed by atoms with Gasteiger partial charge in [-0.3, -0.25) is 10.1 Å². The van der Waals surface area contributed by atoms with E-state index < -0.39 is 0 Å². The molecule has 0 bridgehead atoms. The van der Waals surface area contributed by atoms with E-state index in [0.717, 1.165) is 5.56 Å². The van der Waals surface area contributed by atoms with E-state index in [1.165, 1.54) is 44.2 Å². The van der Waals surface area contributed by atoms with Crippen LogP contribution in [0.3, 0.4) is 0 Å². The number of hydrogen-bond acceptors (Lipinski definition) is 2. The zero-order chi connectivity index (χ0) is 14.8. The van der Waals surface area contributed by atoms with Gasteiger partial charge in [0.15, 0.2) is 0 Å². The lowest BCUT2D eigenvalue weighted by Gasteiger charge is -2.37. The van der Waals surface area contributed by atoms with Crippen LogP contribution in [0.25, 0.3) is 0 Å². The van der Waals surface area contributed by atoms with Gasteiger partial charge in [-0.05, 0) is 43.4 Å². The first-order chi connectivity index (χ1) is 10.2. The Hall–Kier alpha value is -1.42. The van der Waals surface area contributed by atoms with Crippen LogP contribution >= 0.6 is 0 Å². The molecule has 1 amide bonds. The maximum Gasteiger partial charge on any atom is 0.238 e. The molecule has 1 heterocycles. The molecular weight excluding hydrogens is 267 g/mol. The van der Waals surface area contributed by atoms with Crippen LogP contribution in [0.15, 0.2) is 24.3 Å². The molecule has 0 spiro atoms. The van der Waals surface area contributed by atoms with Crippen LogP contribution in [0.1, 0.15) is 50.8 Å². The summed E-state index contributed by atoms with van der Waals surface area (Å²) in [7, 11) is 0. The molecule has 1 saturated carbocycles. The van der Waals surface area contributed by atoms with E-state index in [1.54, 1.807) is 12.1 Å². The highest BCUT2D eigenvalue weighted by Gasteiger charge is 2.38. The molecule has 1 saturated heterocycles. The van der Waals surface area contributed by atoms with Gasteiger partial charge in [-0.15, -0.1) is 0 Å². The first kappa shape index (κ1) is 14.5. The van der Waals surface area contributed by atoms with E-state index in [0.29, 0.717) is 12.5 Å². The SMILES string of the molecule is CC(C1CCCCC1)N1C(=O)CNC1c1ccc(F)cc1. The first-order valence-corrected chi connectivity index (χ1v) is 7.97. The topological polar surface area (TPSA) is 32.3 Å². The summed E-state index contributed by atoms with van der Waals surface area (Å²) in [6.45, 7) is 2.54. The van der Waals surface area contributed by atoms with Gasteiger partial charge in [-0.1, -0.05) is 31.4 Å². The Morgan fingerprint density at radius 3 is 2.52 bits per heavy atom. The molecule has 0 radical (unpaired) electrons. The average Bonchev–Trinajstić information content (AvgIpc) is 2.90. The molecular formula is C17H23FN2O. The molecule has 1 aliphatic carbocycles. The van der Waals surface area contributed by atoms with Crippen molar-refractivity contribution in [2.75, 3.05) is 6.54 Å². The highest BCUT2D eigenvalue weighted by Crippen LogP contribution is 2.34. The van der Waals surface area contributed by atoms with Crippen molar-refractivity contribution in [3.8, 4) is 0 Å². The highest BCUT2D eigenvalue weighted by atomic mass is 19.1. The van der Waals surface area contributed by atoms with Gasteiger partial charge >= 0.3 is 0 Å². The standard InChI is InChI=1S/C17H23FN2O/c1-12(13-5-3-2-4-6-13)20-16(21)11-19-17(20)14-7-9-15(18)10-8-14/h7-10,12-13,17,19H,2-6,11H2,1H3. The zero-order valence-corrected chi connectivity index (χ0v) is 12.5. The minimum absolute atomic E-state index is 0.116. The fourth-order valence-corrected chi connectivity index (χ4v) is 3.75. The zero-order valence-electron chi connectivity index (χ0n) is 12.5. The summed E-state index contributed by atoms with van der Waals surface area (Å²) in [5.74, 6) is 0.503. The number of benzene rings is 1. The van der Waals surface area contributed by atoms with Crippen molar-refractivity contribution in [1.82, 2.24) is 10.2 Å². The third-order valence-electron chi connectivity index (χ3n) is 4.97. The Morgan fingerprint density at radius 1 is 1.19 bits per heavy atom. The van der Waals surface area contributed by atoms with Gasteiger partial charge in [0.1, 0.15) is 12.0 Å². The van der Waals surface area contributed by atoms with E-state index in [-0.39, 0.29) is 23.9 Å². The summed E-state index contributed by atoms with van der Waals surface area (Å²) >= 11 is 0. The second-order valence-electron chi connectivity index (χ2n) is 6.27. The van der Waals surface area contributed by atoms with Gasteiger partial charge in [-0.25, -0.2) is 4.39 Å². The number of hydrogen-bond donors (Lipinski definition) is 1. The number of halogens is 1. The molecule has 1 aliphatic heterocycles. The summed E-state index contributed by atoms with van der Waals surface area (Å²) < 4.78 is 13.1. The summed E-state index contributed by atoms with van der Waals surface area (Å²) in [6, 6.07) is 6.70. The highest BCUT2D eigenvalue weighted by molar-refractivity contribution is 5.81. The molecule has 114 valence electrons. The van der Waals surface area contributed by atoms with Gasteiger partial charge in [0.25, 0.3) is 0 Å². The van der Waals surface area contributed by atoms with Crippen molar-refractivity contribution >= 4 is 5.91 Å². The molecule has 21 heavy (non-hydrogen) atoms. The average molecular weight is 290 g/mol. The van der Waals surface area contributed by atoms with Crippen molar-refractivity contribution in [2.24, 2.45) is 5.92 Å².